The van der Waals surface area contributed by atoms with E-state index in [4.69, 9.17) is 27.9 Å². The van der Waals surface area contributed by atoms with Crippen molar-refractivity contribution in [3.63, 3.8) is 0 Å². The van der Waals surface area contributed by atoms with Gasteiger partial charge in [-0.15, -0.1) is 0 Å². The van der Waals surface area contributed by atoms with Gasteiger partial charge in [-0.05, 0) is 37.1 Å². The Labute approximate surface area is 117 Å². The maximum Gasteiger partial charge on any atom is 0.410 e. The number of hydrogen-bond acceptors (Lipinski definition) is 2. The summed E-state index contributed by atoms with van der Waals surface area (Å²) in [6.07, 6.45) is 0.511. The van der Waals surface area contributed by atoms with Gasteiger partial charge in [0.2, 0.25) is 0 Å². The van der Waals surface area contributed by atoms with E-state index < -0.39 is 0 Å². The van der Waals surface area contributed by atoms with Crippen molar-refractivity contribution in [2.75, 3.05) is 0 Å². The predicted octanol–water partition coefficient (Wildman–Crippen LogP) is 4.11. The number of halogens is 2. The first kappa shape index (κ1) is 13.5. The highest BCUT2D eigenvalue weighted by Gasteiger charge is 2.37. The molecule has 0 saturated carbocycles. The number of amides is 1. The third-order valence-electron chi connectivity index (χ3n) is 3.19. The van der Waals surface area contributed by atoms with Gasteiger partial charge in [0.05, 0.1) is 6.04 Å². The molecular formula is C13H15Cl2NO2. The van der Waals surface area contributed by atoms with Crippen molar-refractivity contribution in [3.8, 4) is 0 Å². The Morgan fingerprint density at radius 3 is 2.39 bits per heavy atom. The standard InChI is InChI=1S/C13H15Cl2NO2/c1-3-12-8(2)16(13(17)18-12)7-9-4-10(14)6-11(15)5-9/h4-6,8,12H,3,7H2,1-2H3/t8-,12-/m1/s1. The second-order valence-corrected chi connectivity index (χ2v) is 5.35. The summed E-state index contributed by atoms with van der Waals surface area (Å²) in [5.41, 5.74) is 0.910. The lowest BCUT2D eigenvalue weighted by Crippen LogP contribution is -2.33. The first-order valence-electron chi connectivity index (χ1n) is 5.93. The average Bonchev–Trinajstić information content (AvgIpc) is 2.55. The fourth-order valence-electron chi connectivity index (χ4n) is 2.19. The zero-order valence-corrected chi connectivity index (χ0v) is 11.8. The molecule has 1 aliphatic heterocycles. The highest BCUT2D eigenvalue weighted by atomic mass is 35.5. The topological polar surface area (TPSA) is 29.5 Å². The fourth-order valence-corrected chi connectivity index (χ4v) is 2.77. The number of hydrogen-bond donors (Lipinski definition) is 0. The van der Waals surface area contributed by atoms with E-state index in [2.05, 4.69) is 0 Å². The van der Waals surface area contributed by atoms with Crippen LogP contribution in [0.4, 0.5) is 4.79 Å². The Morgan fingerprint density at radius 2 is 1.89 bits per heavy atom. The van der Waals surface area contributed by atoms with E-state index in [9.17, 15) is 4.79 Å². The highest BCUT2D eigenvalue weighted by molar-refractivity contribution is 6.34. The van der Waals surface area contributed by atoms with Gasteiger partial charge >= 0.3 is 6.09 Å². The largest absolute Gasteiger partial charge is 0.444 e. The van der Waals surface area contributed by atoms with E-state index in [-0.39, 0.29) is 18.2 Å². The van der Waals surface area contributed by atoms with Crippen LogP contribution in [-0.4, -0.2) is 23.1 Å². The average molecular weight is 288 g/mol. The van der Waals surface area contributed by atoms with Gasteiger partial charge in [0, 0.05) is 16.6 Å². The van der Waals surface area contributed by atoms with Crippen LogP contribution >= 0.6 is 23.2 Å². The number of ether oxygens (including phenoxy) is 1. The first-order valence-corrected chi connectivity index (χ1v) is 6.69. The summed E-state index contributed by atoms with van der Waals surface area (Å²) in [4.78, 5) is 13.5. The molecule has 0 aliphatic carbocycles. The van der Waals surface area contributed by atoms with Crippen molar-refractivity contribution in [2.24, 2.45) is 0 Å². The number of nitrogens with zero attached hydrogens (tertiary/aromatic N) is 1. The molecule has 0 N–H and O–H groups in total. The van der Waals surface area contributed by atoms with Crippen LogP contribution in [0.3, 0.4) is 0 Å². The second-order valence-electron chi connectivity index (χ2n) is 4.48. The Balaban J connectivity index is 2.16. The fraction of sp³-hybridized carbons (Fsp3) is 0.462. The zero-order chi connectivity index (χ0) is 13.3. The maximum absolute atomic E-state index is 11.8. The zero-order valence-electron chi connectivity index (χ0n) is 10.3. The van der Waals surface area contributed by atoms with Gasteiger partial charge in [-0.3, -0.25) is 4.90 Å². The summed E-state index contributed by atoms with van der Waals surface area (Å²) in [6.45, 7) is 4.47. The Morgan fingerprint density at radius 1 is 1.28 bits per heavy atom. The van der Waals surface area contributed by atoms with Gasteiger partial charge in [0.25, 0.3) is 0 Å². The molecule has 5 heteroatoms. The molecule has 0 bridgehead atoms. The molecule has 2 rings (SSSR count). The van der Waals surface area contributed by atoms with E-state index in [1.807, 2.05) is 26.0 Å². The predicted molar refractivity (Wildman–Crippen MR) is 72.0 cm³/mol. The number of cyclic esters (lactones) is 1. The van der Waals surface area contributed by atoms with Crippen molar-refractivity contribution >= 4 is 29.3 Å². The van der Waals surface area contributed by atoms with Crippen LogP contribution in [0.25, 0.3) is 0 Å². The molecule has 1 heterocycles. The van der Waals surface area contributed by atoms with Crippen molar-refractivity contribution in [2.45, 2.75) is 39.0 Å². The Hall–Kier alpha value is -0.930. The molecule has 0 unspecified atom stereocenters. The van der Waals surface area contributed by atoms with Crippen molar-refractivity contribution in [1.29, 1.82) is 0 Å². The Bertz CT molecular complexity index is 444. The monoisotopic (exact) mass is 287 g/mol. The van der Waals surface area contributed by atoms with E-state index in [0.29, 0.717) is 16.6 Å². The molecule has 0 radical (unpaired) electrons. The third-order valence-corrected chi connectivity index (χ3v) is 3.63. The molecular weight excluding hydrogens is 273 g/mol. The van der Waals surface area contributed by atoms with Crippen molar-refractivity contribution in [3.05, 3.63) is 33.8 Å². The van der Waals surface area contributed by atoms with Crippen LogP contribution < -0.4 is 0 Å². The normalized spacial score (nSPS) is 23.3. The molecule has 0 aromatic heterocycles. The number of benzene rings is 1. The highest BCUT2D eigenvalue weighted by Crippen LogP contribution is 2.26. The van der Waals surface area contributed by atoms with Gasteiger partial charge in [0.15, 0.2) is 0 Å². The minimum Gasteiger partial charge on any atom is -0.444 e. The molecule has 2 atom stereocenters. The minimum atomic E-state index is -0.273. The number of carbonyl (C=O) groups excluding carboxylic acids is 1. The molecule has 1 aromatic rings. The Kier molecular flexibility index (Phi) is 4.03. The van der Waals surface area contributed by atoms with Gasteiger partial charge in [-0.1, -0.05) is 30.1 Å². The van der Waals surface area contributed by atoms with Crippen LogP contribution in [0.15, 0.2) is 18.2 Å². The molecule has 18 heavy (non-hydrogen) atoms. The van der Waals surface area contributed by atoms with Crippen LogP contribution in [0.1, 0.15) is 25.8 Å². The molecule has 1 saturated heterocycles. The third kappa shape index (κ3) is 2.73. The van der Waals surface area contributed by atoms with E-state index in [1.54, 1.807) is 11.0 Å². The first-order chi connectivity index (χ1) is 8.51. The molecule has 1 fully saturated rings. The summed E-state index contributed by atoms with van der Waals surface area (Å²) in [6, 6.07) is 5.37. The van der Waals surface area contributed by atoms with Crippen LogP contribution in [0.5, 0.6) is 0 Å². The molecule has 98 valence electrons. The maximum atomic E-state index is 11.8. The lowest BCUT2D eigenvalue weighted by Gasteiger charge is -2.20. The van der Waals surface area contributed by atoms with Crippen LogP contribution in [0.2, 0.25) is 10.0 Å². The summed E-state index contributed by atoms with van der Waals surface area (Å²) >= 11 is 11.9. The van der Waals surface area contributed by atoms with E-state index in [0.717, 1.165) is 12.0 Å². The quantitative estimate of drug-likeness (QED) is 0.837. The number of carbonyl (C=O) groups is 1. The van der Waals surface area contributed by atoms with Gasteiger partial charge < -0.3 is 4.74 Å². The summed E-state index contributed by atoms with van der Waals surface area (Å²) < 4.78 is 5.29. The van der Waals surface area contributed by atoms with Gasteiger partial charge in [-0.25, -0.2) is 4.79 Å². The van der Waals surface area contributed by atoms with Crippen LogP contribution in [-0.2, 0) is 11.3 Å². The SMILES string of the molecule is CC[C@H]1OC(=O)N(Cc2cc(Cl)cc(Cl)c2)[C@@H]1C. The summed E-state index contributed by atoms with van der Waals surface area (Å²) in [5.74, 6) is 0. The van der Waals surface area contributed by atoms with Gasteiger partial charge in [0.1, 0.15) is 6.10 Å². The smallest absolute Gasteiger partial charge is 0.410 e. The minimum absolute atomic E-state index is 0.0350. The number of rotatable bonds is 3. The molecule has 1 amide bonds. The van der Waals surface area contributed by atoms with Crippen molar-refractivity contribution in [1.82, 2.24) is 4.90 Å². The molecule has 0 spiro atoms. The van der Waals surface area contributed by atoms with Crippen LogP contribution in [0, 0.1) is 0 Å². The van der Waals surface area contributed by atoms with Gasteiger partial charge in [-0.2, -0.15) is 0 Å². The van der Waals surface area contributed by atoms with Crippen molar-refractivity contribution < 1.29 is 9.53 Å². The molecule has 1 aliphatic rings. The van der Waals surface area contributed by atoms with E-state index >= 15 is 0 Å². The molecule has 1 aromatic carbocycles. The lowest BCUT2D eigenvalue weighted by atomic mass is 10.1. The lowest BCUT2D eigenvalue weighted by molar-refractivity contribution is 0.128. The summed E-state index contributed by atoms with van der Waals surface area (Å²) in [7, 11) is 0. The molecule has 3 nitrogen and oxygen atoms in total. The van der Waals surface area contributed by atoms with E-state index in [1.165, 1.54) is 0 Å². The second kappa shape index (κ2) is 5.37. The summed E-state index contributed by atoms with van der Waals surface area (Å²) in [5, 5.41) is 1.15.